The van der Waals surface area contributed by atoms with Crippen molar-refractivity contribution in [1.82, 2.24) is 0 Å². The molecule has 4 aliphatic rings. The average molecular weight is 533 g/mol. The minimum absolute atomic E-state index is 0.0545. The number of hydrogen-bond donors (Lipinski definition) is 0. The molecule has 1 spiro atoms. The van der Waals surface area contributed by atoms with Crippen LogP contribution in [0.5, 0.6) is 0 Å². The fourth-order valence-electron chi connectivity index (χ4n) is 7.29. The number of fused-ring (bicyclic) bond motifs is 2. The Bertz CT molecular complexity index is 1050. The highest BCUT2D eigenvalue weighted by atomic mass is 16.6. The molecule has 7 atom stereocenters. The molecule has 1 saturated heterocycles. The summed E-state index contributed by atoms with van der Waals surface area (Å²) in [6.45, 7) is 11.2. The van der Waals surface area contributed by atoms with Gasteiger partial charge in [-0.1, -0.05) is 26.3 Å². The van der Waals surface area contributed by atoms with Crippen LogP contribution in [0.4, 0.5) is 0 Å². The number of ether oxygens (including phenoxy) is 5. The van der Waals surface area contributed by atoms with Crippen LogP contribution < -0.4 is 0 Å². The number of allylic oxidation sites excluding steroid dienone is 1. The molecule has 0 radical (unpaired) electrons. The van der Waals surface area contributed by atoms with Gasteiger partial charge in [0.1, 0.15) is 31.0 Å². The third kappa shape index (κ3) is 4.90. The first-order chi connectivity index (χ1) is 17.9. The van der Waals surface area contributed by atoms with E-state index in [2.05, 4.69) is 13.8 Å². The van der Waals surface area contributed by atoms with Gasteiger partial charge >= 0.3 is 23.9 Å². The highest BCUT2D eigenvalue weighted by Crippen LogP contribution is 2.69. The van der Waals surface area contributed by atoms with Gasteiger partial charge in [0.2, 0.25) is 0 Å². The van der Waals surface area contributed by atoms with Gasteiger partial charge in [-0.15, -0.1) is 0 Å². The molecule has 0 bridgehead atoms. The molecule has 0 N–H and O–H groups in total. The third-order valence-corrected chi connectivity index (χ3v) is 9.65. The second-order valence-corrected chi connectivity index (χ2v) is 11.7. The van der Waals surface area contributed by atoms with Crippen molar-refractivity contribution >= 4 is 23.9 Å². The minimum atomic E-state index is -0.742. The van der Waals surface area contributed by atoms with E-state index >= 15 is 0 Å². The lowest BCUT2D eigenvalue weighted by atomic mass is 9.42. The van der Waals surface area contributed by atoms with Gasteiger partial charge < -0.3 is 23.7 Å². The maximum Gasteiger partial charge on any atom is 0.333 e. The van der Waals surface area contributed by atoms with Crippen LogP contribution in [0.25, 0.3) is 0 Å². The number of carbonyl (C=O) groups excluding carboxylic acids is 4. The van der Waals surface area contributed by atoms with E-state index in [1.165, 1.54) is 19.9 Å². The molecule has 2 aliphatic heterocycles. The predicted molar refractivity (Wildman–Crippen MR) is 136 cm³/mol. The Hall–Kier alpha value is -2.68. The van der Waals surface area contributed by atoms with E-state index < -0.39 is 46.5 Å². The normalized spacial score (nSPS) is 37.0. The Kier molecular flexibility index (Phi) is 7.81. The van der Waals surface area contributed by atoms with Crippen LogP contribution >= 0.6 is 0 Å². The molecule has 0 amide bonds. The van der Waals surface area contributed by atoms with Crippen molar-refractivity contribution in [3.63, 3.8) is 0 Å². The Labute approximate surface area is 224 Å². The zero-order chi connectivity index (χ0) is 27.9. The summed E-state index contributed by atoms with van der Waals surface area (Å²) in [6.07, 6.45) is 5.44. The first-order valence-electron chi connectivity index (χ1n) is 13.5. The van der Waals surface area contributed by atoms with E-state index in [1.807, 2.05) is 0 Å². The van der Waals surface area contributed by atoms with Crippen LogP contribution in [0.1, 0.15) is 73.6 Å². The molecule has 2 saturated carbocycles. The quantitative estimate of drug-likeness (QED) is 0.199. The van der Waals surface area contributed by atoms with Crippen molar-refractivity contribution < 1.29 is 42.9 Å². The van der Waals surface area contributed by atoms with E-state index in [0.29, 0.717) is 30.6 Å². The van der Waals surface area contributed by atoms with Crippen LogP contribution in [0.3, 0.4) is 0 Å². The topological polar surface area (TPSA) is 118 Å². The number of cyclic esters (lactones) is 1. The van der Waals surface area contributed by atoms with Crippen LogP contribution in [0.15, 0.2) is 23.3 Å². The van der Waals surface area contributed by atoms with Crippen LogP contribution in [-0.4, -0.2) is 61.5 Å². The molecule has 38 heavy (non-hydrogen) atoms. The molecule has 3 fully saturated rings. The molecule has 0 unspecified atom stereocenters. The molecular weight excluding hydrogens is 492 g/mol. The van der Waals surface area contributed by atoms with Crippen LogP contribution in [0, 0.1) is 22.7 Å². The van der Waals surface area contributed by atoms with Crippen molar-refractivity contribution in [3.05, 3.63) is 23.3 Å². The molecule has 0 aromatic carbocycles. The molecule has 0 aromatic rings. The van der Waals surface area contributed by atoms with Gasteiger partial charge in [-0.05, 0) is 56.8 Å². The molecular formula is C29H40O9. The van der Waals surface area contributed by atoms with Gasteiger partial charge in [0, 0.05) is 31.1 Å². The number of carbonyl (C=O) groups is 4. The van der Waals surface area contributed by atoms with Crippen molar-refractivity contribution in [1.29, 1.82) is 0 Å². The number of hydrogen-bond acceptors (Lipinski definition) is 9. The van der Waals surface area contributed by atoms with Crippen LogP contribution in [0.2, 0.25) is 0 Å². The standard InChI is InChI=1S/C29H40O9/c1-7-17(2)26(33)38-22(21-12-25(32)34-14-21)13-27(6)18(3)11-24(37-20(5)31)29(16-35-19(4)30)23(27)9-8-10-28(29)15-36-28/h7,12,18,22-24H,8-11,13-16H2,1-6H3/b17-7+/t18-,22+,23-,24+,27+,28+,29+/m1/s1. The summed E-state index contributed by atoms with van der Waals surface area (Å²) in [6, 6.07) is 0. The van der Waals surface area contributed by atoms with Gasteiger partial charge in [-0.3, -0.25) is 9.59 Å². The number of esters is 4. The van der Waals surface area contributed by atoms with Crippen LogP contribution in [-0.2, 0) is 42.9 Å². The minimum Gasteiger partial charge on any atom is -0.465 e. The average Bonchev–Trinajstić information content (AvgIpc) is 3.50. The Morgan fingerprint density at radius 3 is 2.47 bits per heavy atom. The maximum absolute atomic E-state index is 12.9. The van der Waals surface area contributed by atoms with Crippen molar-refractivity contribution in [2.75, 3.05) is 19.8 Å². The van der Waals surface area contributed by atoms with Crippen molar-refractivity contribution in [2.45, 2.75) is 91.5 Å². The summed E-state index contributed by atoms with van der Waals surface area (Å²) in [5.74, 6) is -1.69. The predicted octanol–water partition coefficient (Wildman–Crippen LogP) is 3.83. The summed E-state index contributed by atoms with van der Waals surface area (Å²) >= 11 is 0. The Morgan fingerprint density at radius 1 is 1.21 bits per heavy atom. The Morgan fingerprint density at radius 2 is 1.92 bits per heavy atom. The lowest BCUT2D eigenvalue weighted by Crippen LogP contribution is -2.67. The molecule has 2 heterocycles. The second kappa shape index (κ2) is 10.5. The first-order valence-corrected chi connectivity index (χ1v) is 13.5. The lowest BCUT2D eigenvalue weighted by molar-refractivity contribution is -0.232. The van der Waals surface area contributed by atoms with Gasteiger partial charge in [0.05, 0.1) is 12.0 Å². The highest BCUT2D eigenvalue weighted by molar-refractivity contribution is 5.88. The second-order valence-electron chi connectivity index (χ2n) is 11.7. The zero-order valence-electron chi connectivity index (χ0n) is 23.3. The van der Waals surface area contributed by atoms with Gasteiger partial charge in [-0.2, -0.15) is 0 Å². The Balaban J connectivity index is 1.78. The fourth-order valence-corrected chi connectivity index (χ4v) is 7.29. The molecule has 2 aliphatic carbocycles. The third-order valence-electron chi connectivity index (χ3n) is 9.65. The van der Waals surface area contributed by atoms with E-state index in [-0.39, 0.29) is 31.0 Å². The van der Waals surface area contributed by atoms with Crippen molar-refractivity contribution in [2.24, 2.45) is 22.7 Å². The summed E-state index contributed by atoms with van der Waals surface area (Å²) in [5.41, 5.74) is -0.621. The van der Waals surface area contributed by atoms with Gasteiger partial charge in [0.15, 0.2) is 0 Å². The fraction of sp³-hybridized carbons (Fsp3) is 0.724. The molecule has 4 rings (SSSR count). The summed E-state index contributed by atoms with van der Waals surface area (Å²) in [7, 11) is 0. The summed E-state index contributed by atoms with van der Waals surface area (Å²) in [4.78, 5) is 49.2. The summed E-state index contributed by atoms with van der Waals surface area (Å²) < 4.78 is 29.1. The van der Waals surface area contributed by atoms with Gasteiger partial charge in [-0.25, -0.2) is 9.59 Å². The maximum atomic E-state index is 12.9. The summed E-state index contributed by atoms with van der Waals surface area (Å²) in [5, 5.41) is 0. The number of epoxide rings is 1. The molecule has 9 nitrogen and oxygen atoms in total. The SMILES string of the molecule is C/C=C(\C)C(=O)O[C@@H](C[C@@]1(C)[C@H](C)C[C@H](OC(C)=O)[C@]2(COC(C)=O)[C@@H]1CCC[C@]21CO1)C1=CC(=O)OC1. The van der Waals surface area contributed by atoms with E-state index in [1.54, 1.807) is 19.9 Å². The molecule has 9 heteroatoms. The zero-order valence-corrected chi connectivity index (χ0v) is 23.3. The van der Waals surface area contributed by atoms with E-state index in [9.17, 15) is 19.2 Å². The lowest BCUT2D eigenvalue weighted by Gasteiger charge is -2.63. The molecule has 210 valence electrons. The largest absolute Gasteiger partial charge is 0.465 e. The highest BCUT2D eigenvalue weighted by Gasteiger charge is 2.75. The van der Waals surface area contributed by atoms with E-state index in [0.717, 1.165) is 19.3 Å². The van der Waals surface area contributed by atoms with Gasteiger partial charge in [0.25, 0.3) is 0 Å². The van der Waals surface area contributed by atoms with E-state index in [4.69, 9.17) is 23.7 Å². The monoisotopic (exact) mass is 532 g/mol. The van der Waals surface area contributed by atoms with Crippen molar-refractivity contribution in [3.8, 4) is 0 Å². The smallest absolute Gasteiger partial charge is 0.333 e. The number of rotatable bonds is 8. The first kappa shape index (κ1) is 28.3. The molecule has 0 aromatic heterocycles.